The van der Waals surface area contributed by atoms with Crippen molar-refractivity contribution in [3.05, 3.63) is 39.4 Å². The number of hydrogen-bond acceptors (Lipinski definition) is 3. The van der Waals surface area contributed by atoms with Gasteiger partial charge in [0.1, 0.15) is 0 Å². The third-order valence-corrected chi connectivity index (χ3v) is 4.75. The van der Waals surface area contributed by atoms with Crippen LogP contribution in [0.15, 0.2) is 28.7 Å². The van der Waals surface area contributed by atoms with Crippen molar-refractivity contribution in [3.63, 3.8) is 0 Å². The Morgan fingerprint density at radius 1 is 1.32 bits per heavy atom. The van der Waals surface area contributed by atoms with Crippen LogP contribution in [-0.4, -0.2) is 25.2 Å². The van der Waals surface area contributed by atoms with Gasteiger partial charge in [-0.15, -0.1) is 0 Å². The number of carboxylic acid groups (broad SMARTS) is 1. The first-order chi connectivity index (χ1) is 8.66. The maximum atomic E-state index is 12.1. The molecule has 4 nitrogen and oxygen atoms in total. The summed E-state index contributed by atoms with van der Waals surface area (Å²) >= 11 is 11.5. The van der Waals surface area contributed by atoms with Gasteiger partial charge in [-0.05, 0) is 26.0 Å². The highest BCUT2D eigenvalue weighted by Crippen LogP contribution is 2.31. The number of carboxylic acids is 1. The van der Waals surface area contributed by atoms with Crippen molar-refractivity contribution in [2.75, 3.05) is 5.75 Å². The molecule has 1 rings (SSSR count). The Balaban J connectivity index is 3.41. The van der Waals surface area contributed by atoms with E-state index >= 15 is 0 Å². The molecule has 0 radical (unpaired) electrons. The van der Waals surface area contributed by atoms with Gasteiger partial charge in [0.25, 0.3) is 0 Å². The lowest BCUT2D eigenvalue weighted by Crippen LogP contribution is -2.09. The maximum Gasteiger partial charge on any atom is 0.338 e. The Morgan fingerprint density at radius 3 is 2.37 bits per heavy atom. The molecule has 0 bridgehead atoms. The topological polar surface area (TPSA) is 71.4 Å². The Labute approximate surface area is 121 Å². The van der Waals surface area contributed by atoms with Crippen LogP contribution in [0.3, 0.4) is 0 Å². The molecule has 0 atom stereocenters. The van der Waals surface area contributed by atoms with Crippen LogP contribution in [0, 0.1) is 0 Å². The van der Waals surface area contributed by atoms with E-state index in [1.54, 1.807) is 13.8 Å². The van der Waals surface area contributed by atoms with Crippen molar-refractivity contribution in [1.82, 2.24) is 0 Å². The first-order valence-corrected chi connectivity index (χ1v) is 7.65. The lowest BCUT2D eigenvalue weighted by Gasteiger charge is -2.08. The summed E-state index contributed by atoms with van der Waals surface area (Å²) in [5.41, 5.74) is 0.439. The molecule has 7 heteroatoms. The van der Waals surface area contributed by atoms with E-state index in [9.17, 15) is 13.2 Å². The molecular formula is C12H12Cl2O4S. The number of aromatic carboxylic acids is 1. The number of hydrogen-bond donors (Lipinski definition) is 1. The molecule has 0 saturated carbocycles. The molecule has 0 heterocycles. The Bertz CT molecular complexity index is 644. The van der Waals surface area contributed by atoms with Gasteiger partial charge in [-0.1, -0.05) is 34.9 Å². The molecule has 1 N–H and O–H groups in total. The third-order valence-electron chi connectivity index (χ3n) is 2.32. The molecule has 0 saturated heterocycles. The van der Waals surface area contributed by atoms with Gasteiger partial charge >= 0.3 is 5.97 Å². The smallest absolute Gasteiger partial charge is 0.338 e. The molecule has 0 aromatic heterocycles. The lowest BCUT2D eigenvalue weighted by atomic mass is 10.2. The van der Waals surface area contributed by atoms with E-state index in [1.807, 2.05) is 0 Å². The molecule has 0 aliphatic carbocycles. The fourth-order valence-corrected chi connectivity index (χ4v) is 3.60. The minimum atomic E-state index is -3.69. The number of carbonyl (C=O) groups is 1. The van der Waals surface area contributed by atoms with Crippen molar-refractivity contribution in [2.45, 2.75) is 18.7 Å². The fourth-order valence-electron chi connectivity index (χ4n) is 1.34. The van der Waals surface area contributed by atoms with Gasteiger partial charge in [0, 0.05) is 0 Å². The molecule has 0 aliphatic heterocycles. The zero-order chi connectivity index (χ0) is 14.8. The molecule has 1 aromatic carbocycles. The van der Waals surface area contributed by atoms with E-state index in [1.165, 1.54) is 18.2 Å². The average Bonchev–Trinajstić information content (AvgIpc) is 2.25. The highest BCUT2D eigenvalue weighted by molar-refractivity contribution is 7.91. The fraction of sp³-hybridized carbons (Fsp3) is 0.250. The van der Waals surface area contributed by atoms with Crippen LogP contribution >= 0.6 is 23.2 Å². The SMILES string of the molecule is CC(C)=CCS(=O)(=O)c1ccc(Cl)c(C(=O)O)c1Cl. The van der Waals surface area contributed by atoms with Crippen LogP contribution in [-0.2, 0) is 9.84 Å². The lowest BCUT2D eigenvalue weighted by molar-refractivity contribution is 0.0697. The number of halogens is 2. The normalized spacial score (nSPS) is 11.2. The first kappa shape index (κ1) is 16.0. The van der Waals surface area contributed by atoms with E-state index in [4.69, 9.17) is 28.3 Å². The molecule has 19 heavy (non-hydrogen) atoms. The molecule has 0 unspecified atom stereocenters. The van der Waals surface area contributed by atoms with Crippen molar-refractivity contribution in [3.8, 4) is 0 Å². The molecular weight excluding hydrogens is 311 g/mol. The monoisotopic (exact) mass is 322 g/mol. The van der Waals surface area contributed by atoms with Crippen molar-refractivity contribution in [2.24, 2.45) is 0 Å². The maximum absolute atomic E-state index is 12.1. The van der Waals surface area contributed by atoms with Crippen LogP contribution in [0.4, 0.5) is 0 Å². The number of rotatable bonds is 4. The Morgan fingerprint density at radius 2 is 1.89 bits per heavy atom. The van der Waals surface area contributed by atoms with Crippen LogP contribution in [0.2, 0.25) is 10.0 Å². The van der Waals surface area contributed by atoms with Gasteiger partial charge in [0.15, 0.2) is 9.84 Å². The van der Waals surface area contributed by atoms with E-state index in [-0.39, 0.29) is 20.7 Å². The summed E-state index contributed by atoms with van der Waals surface area (Å²) in [5.74, 6) is -1.61. The third kappa shape index (κ3) is 3.72. The summed E-state index contributed by atoms with van der Waals surface area (Å²) in [4.78, 5) is 10.8. The molecule has 0 amide bonds. The second-order valence-corrected chi connectivity index (χ2v) is 6.89. The highest BCUT2D eigenvalue weighted by atomic mass is 35.5. The summed E-state index contributed by atoms with van der Waals surface area (Å²) in [6, 6.07) is 2.43. The predicted molar refractivity (Wildman–Crippen MR) is 74.9 cm³/mol. The molecule has 0 fully saturated rings. The Hall–Kier alpha value is -1.04. The Kier molecular flexibility index (Phi) is 5.01. The molecule has 1 aromatic rings. The van der Waals surface area contributed by atoms with Gasteiger partial charge in [-0.25, -0.2) is 13.2 Å². The van der Waals surface area contributed by atoms with Gasteiger partial charge in [-0.3, -0.25) is 0 Å². The zero-order valence-electron chi connectivity index (χ0n) is 10.3. The summed E-state index contributed by atoms with van der Waals surface area (Å²) in [7, 11) is -3.69. The van der Waals surface area contributed by atoms with E-state index in [0.717, 1.165) is 5.57 Å². The van der Waals surface area contributed by atoms with Crippen LogP contribution in [0.1, 0.15) is 24.2 Å². The second-order valence-electron chi connectivity index (χ2n) is 4.10. The van der Waals surface area contributed by atoms with E-state index in [2.05, 4.69) is 0 Å². The number of sulfone groups is 1. The minimum absolute atomic E-state index is 0.0985. The van der Waals surface area contributed by atoms with Gasteiger partial charge in [-0.2, -0.15) is 0 Å². The summed E-state index contributed by atoms with van der Waals surface area (Å²) < 4.78 is 24.2. The van der Waals surface area contributed by atoms with Gasteiger partial charge < -0.3 is 5.11 Å². The first-order valence-electron chi connectivity index (χ1n) is 5.24. The molecule has 0 aliphatic rings. The van der Waals surface area contributed by atoms with Crippen LogP contribution < -0.4 is 0 Å². The van der Waals surface area contributed by atoms with Crippen LogP contribution in [0.25, 0.3) is 0 Å². The largest absolute Gasteiger partial charge is 0.478 e. The van der Waals surface area contributed by atoms with Gasteiger partial charge in [0.05, 0.1) is 26.3 Å². The van der Waals surface area contributed by atoms with E-state index < -0.39 is 21.4 Å². The summed E-state index contributed by atoms with van der Waals surface area (Å²) in [6.07, 6.45) is 1.53. The standard InChI is InChI=1S/C12H12Cl2O4S/c1-7(2)5-6-19(17,18)9-4-3-8(13)10(11(9)14)12(15)16/h3-5H,6H2,1-2H3,(H,15,16). The molecule has 104 valence electrons. The average molecular weight is 323 g/mol. The minimum Gasteiger partial charge on any atom is -0.478 e. The van der Waals surface area contributed by atoms with Gasteiger partial charge in [0.2, 0.25) is 0 Å². The zero-order valence-corrected chi connectivity index (χ0v) is 12.6. The summed E-state index contributed by atoms with van der Waals surface area (Å²) in [5, 5.41) is 8.52. The van der Waals surface area contributed by atoms with Crippen LogP contribution in [0.5, 0.6) is 0 Å². The number of allylic oxidation sites excluding steroid dienone is 1. The molecule has 0 spiro atoms. The van der Waals surface area contributed by atoms with E-state index in [0.29, 0.717) is 0 Å². The van der Waals surface area contributed by atoms with Crippen molar-refractivity contribution >= 4 is 39.0 Å². The van der Waals surface area contributed by atoms with Crippen molar-refractivity contribution < 1.29 is 18.3 Å². The predicted octanol–water partition coefficient (Wildman–Crippen LogP) is 3.43. The second kappa shape index (κ2) is 5.94. The highest BCUT2D eigenvalue weighted by Gasteiger charge is 2.23. The summed E-state index contributed by atoms with van der Waals surface area (Å²) in [6.45, 7) is 3.53. The quantitative estimate of drug-likeness (QED) is 0.862. The number of benzene rings is 1. The van der Waals surface area contributed by atoms with Crippen molar-refractivity contribution in [1.29, 1.82) is 0 Å².